The summed E-state index contributed by atoms with van der Waals surface area (Å²) in [6.45, 7) is 9.05. The molecule has 4 heteroatoms. The van der Waals surface area contributed by atoms with Gasteiger partial charge >= 0.3 is 0 Å². The Kier molecular flexibility index (Phi) is 4.45. The molecule has 0 spiro atoms. The number of fused-ring (bicyclic) bond motifs is 1. The molecule has 0 N–H and O–H groups in total. The van der Waals surface area contributed by atoms with Crippen molar-refractivity contribution in [1.29, 1.82) is 0 Å². The van der Waals surface area contributed by atoms with Gasteiger partial charge in [-0.1, -0.05) is 20.8 Å². The van der Waals surface area contributed by atoms with E-state index in [-0.39, 0.29) is 5.41 Å². The first-order valence-electron chi connectivity index (χ1n) is 6.57. The Morgan fingerprint density at radius 1 is 1.37 bits per heavy atom. The topological polar surface area (TPSA) is 17.8 Å². The highest BCUT2D eigenvalue weighted by Crippen LogP contribution is 2.34. The fourth-order valence-electron chi connectivity index (χ4n) is 2.20. The number of hydrogen-bond acceptors (Lipinski definition) is 1. The van der Waals surface area contributed by atoms with Gasteiger partial charge in [0.2, 0.25) is 0 Å². The van der Waals surface area contributed by atoms with E-state index in [0.29, 0.717) is 11.9 Å². The Bertz CT molecular complexity index is 584. The van der Waals surface area contributed by atoms with Gasteiger partial charge in [-0.25, -0.2) is 4.98 Å². The van der Waals surface area contributed by atoms with Crippen LogP contribution in [-0.4, -0.2) is 15.4 Å². The van der Waals surface area contributed by atoms with Crippen molar-refractivity contribution in [2.45, 2.75) is 40.2 Å². The lowest BCUT2D eigenvalue weighted by Gasteiger charge is -2.30. The van der Waals surface area contributed by atoms with Gasteiger partial charge in [0.15, 0.2) is 0 Å². The quantitative estimate of drug-likeness (QED) is 0.531. The van der Waals surface area contributed by atoms with Gasteiger partial charge in [0.25, 0.3) is 0 Å². The van der Waals surface area contributed by atoms with Crippen LogP contribution in [0.3, 0.4) is 0 Å². The van der Waals surface area contributed by atoms with Crippen LogP contribution in [0.1, 0.15) is 39.6 Å². The number of hydrogen-bond donors (Lipinski definition) is 0. The molecule has 1 atom stereocenters. The molecule has 0 saturated heterocycles. The summed E-state index contributed by atoms with van der Waals surface area (Å²) in [5.74, 6) is 1.70. The third-order valence-electron chi connectivity index (χ3n) is 3.68. The maximum absolute atomic E-state index is 5.93. The Morgan fingerprint density at radius 3 is 2.63 bits per heavy atom. The first kappa shape index (κ1) is 15.1. The Morgan fingerprint density at radius 2 is 2.05 bits per heavy atom. The predicted octanol–water partition coefficient (Wildman–Crippen LogP) is 5.03. The van der Waals surface area contributed by atoms with Crippen molar-refractivity contribution in [3.05, 3.63) is 27.6 Å². The molecule has 2 rings (SSSR count). The summed E-state index contributed by atoms with van der Waals surface area (Å²) in [7, 11) is 0. The highest BCUT2D eigenvalue weighted by molar-refractivity contribution is 14.1. The molecule has 1 heterocycles. The lowest BCUT2D eigenvalue weighted by Crippen LogP contribution is -2.23. The number of alkyl halides is 1. The molecule has 1 aromatic carbocycles. The maximum Gasteiger partial charge on any atom is 0.111 e. The minimum atomic E-state index is 0.192. The standard InChI is InChI=1S/C15H20ClIN2/c1-10(15(2,3)4)19-13-6-5-11(17)9-12(13)18-14(19)7-8-16/h5-6,9-10H,7-8H2,1-4H3. The average molecular weight is 391 g/mol. The van der Waals surface area contributed by atoms with Gasteiger partial charge in [-0.15, -0.1) is 11.6 Å². The zero-order chi connectivity index (χ0) is 14.2. The summed E-state index contributed by atoms with van der Waals surface area (Å²) in [4.78, 5) is 4.77. The SMILES string of the molecule is CC(n1c(CCCl)nc2cc(I)ccc21)C(C)(C)C. The first-order chi connectivity index (χ1) is 8.84. The van der Waals surface area contributed by atoms with E-state index in [1.165, 1.54) is 9.09 Å². The van der Waals surface area contributed by atoms with Gasteiger partial charge in [0.05, 0.1) is 11.0 Å². The van der Waals surface area contributed by atoms with Crippen LogP contribution in [0.25, 0.3) is 11.0 Å². The molecule has 104 valence electrons. The van der Waals surface area contributed by atoms with Crippen LogP contribution in [0.15, 0.2) is 18.2 Å². The Balaban J connectivity index is 2.64. The minimum Gasteiger partial charge on any atom is -0.325 e. The van der Waals surface area contributed by atoms with E-state index in [0.717, 1.165) is 17.8 Å². The molecule has 0 fully saturated rings. The molecular formula is C15H20ClIN2. The molecule has 0 aliphatic heterocycles. The molecular weight excluding hydrogens is 371 g/mol. The maximum atomic E-state index is 5.93. The molecule has 1 aromatic heterocycles. The average Bonchev–Trinajstić information content (AvgIpc) is 2.64. The summed E-state index contributed by atoms with van der Waals surface area (Å²) in [6.07, 6.45) is 0.813. The van der Waals surface area contributed by atoms with Crippen LogP contribution in [0.2, 0.25) is 0 Å². The third-order valence-corrected chi connectivity index (χ3v) is 4.54. The fourth-order valence-corrected chi connectivity index (χ4v) is 2.85. The molecule has 2 nitrogen and oxygen atoms in total. The molecule has 19 heavy (non-hydrogen) atoms. The number of halogens is 2. The van der Waals surface area contributed by atoms with E-state index in [2.05, 4.69) is 73.1 Å². The van der Waals surface area contributed by atoms with Crippen LogP contribution >= 0.6 is 34.2 Å². The second-order valence-electron chi connectivity index (χ2n) is 6.01. The van der Waals surface area contributed by atoms with Crippen molar-refractivity contribution >= 4 is 45.2 Å². The molecule has 0 saturated carbocycles. The molecule has 2 aromatic rings. The van der Waals surface area contributed by atoms with E-state index in [1.807, 2.05) is 0 Å². The number of aryl methyl sites for hydroxylation is 1. The van der Waals surface area contributed by atoms with Gasteiger partial charge in [-0.2, -0.15) is 0 Å². The van der Waals surface area contributed by atoms with Gasteiger partial charge in [0, 0.05) is 21.9 Å². The summed E-state index contributed by atoms with van der Waals surface area (Å²) in [5.41, 5.74) is 2.48. The van der Waals surface area contributed by atoms with Crippen LogP contribution in [0, 0.1) is 8.99 Å². The summed E-state index contributed by atoms with van der Waals surface area (Å²) < 4.78 is 3.57. The Labute approximate surface area is 133 Å². The summed E-state index contributed by atoms with van der Waals surface area (Å²) in [5, 5.41) is 0. The number of imidazole rings is 1. The second kappa shape index (κ2) is 5.60. The highest BCUT2D eigenvalue weighted by atomic mass is 127. The smallest absolute Gasteiger partial charge is 0.111 e. The zero-order valence-electron chi connectivity index (χ0n) is 11.9. The number of aromatic nitrogens is 2. The van der Waals surface area contributed by atoms with Crippen LogP contribution in [-0.2, 0) is 6.42 Å². The molecule has 0 bridgehead atoms. The predicted molar refractivity (Wildman–Crippen MR) is 91.0 cm³/mol. The first-order valence-corrected chi connectivity index (χ1v) is 8.18. The minimum absolute atomic E-state index is 0.192. The molecule has 0 radical (unpaired) electrons. The number of rotatable bonds is 3. The van der Waals surface area contributed by atoms with Crippen molar-refractivity contribution in [2.24, 2.45) is 5.41 Å². The van der Waals surface area contributed by atoms with Gasteiger partial charge < -0.3 is 4.57 Å². The highest BCUT2D eigenvalue weighted by Gasteiger charge is 2.25. The van der Waals surface area contributed by atoms with Crippen LogP contribution in [0.5, 0.6) is 0 Å². The van der Waals surface area contributed by atoms with E-state index in [1.54, 1.807) is 0 Å². The lowest BCUT2D eigenvalue weighted by atomic mass is 9.87. The summed E-state index contributed by atoms with van der Waals surface area (Å²) in [6, 6.07) is 6.83. The van der Waals surface area contributed by atoms with E-state index in [4.69, 9.17) is 16.6 Å². The second-order valence-corrected chi connectivity index (χ2v) is 7.64. The van der Waals surface area contributed by atoms with Crippen molar-refractivity contribution < 1.29 is 0 Å². The van der Waals surface area contributed by atoms with Gasteiger partial charge in [-0.3, -0.25) is 0 Å². The van der Waals surface area contributed by atoms with Crippen molar-refractivity contribution in [2.75, 3.05) is 5.88 Å². The van der Waals surface area contributed by atoms with Crippen molar-refractivity contribution in [3.8, 4) is 0 Å². The zero-order valence-corrected chi connectivity index (χ0v) is 14.8. The fraction of sp³-hybridized carbons (Fsp3) is 0.533. The largest absolute Gasteiger partial charge is 0.325 e. The van der Waals surface area contributed by atoms with Gasteiger partial charge in [0.1, 0.15) is 5.82 Å². The van der Waals surface area contributed by atoms with E-state index < -0.39 is 0 Å². The monoisotopic (exact) mass is 390 g/mol. The molecule has 0 aliphatic carbocycles. The molecule has 0 aliphatic rings. The Hall–Kier alpha value is -0.290. The lowest BCUT2D eigenvalue weighted by molar-refractivity contribution is 0.263. The number of nitrogens with zero attached hydrogens (tertiary/aromatic N) is 2. The van der Waals surface area contributed by atoms with Crippen LogP contribution in [0.4, 0.5) is 0 Å². The van der Waals surface area contributed by atoms with E-state index >= 15 is 0 Å². The van der Waals surface area contributed by atoms with E-state index in [9.17, 15) is 0 Å². The van der Waals surface area contributed by atoms with Crippen LogP contribution < -0.4 is 0 Å². The number of benzene rings is 1. The van der Waals surface area contributed by atoms with Crippen molar-refractivity contribution in [1.82, 2.24) is 9.55 Å². The molecule has 1 unspecified atom stereocenters. The van der Waals surface area contributed by atoms with Crippen molar-refractivity contribution in [3.63, 3.8) is 0 Å². The van der Waals surface area contributed by atoms with Gasteiger partial charge in [-0.05, 0) is 53.1 Å². The molecule has 0 amide bonds. The normalized spacial score (nSPS) is 14.0. The summed E-state index contributed by atoms with van der Waals surface area (Å²) >= 11 is 8.26. The third kappa shape index (κ3) is 3.07.